The SMILES string of the molecule is CC(C)(C)OC(=O)NCCOCCOCCOCC(=O)NCCNc1cccc2c1C(=O)N(C1CCC(=O)NC1=O)C2=O. The minimum Gasteiger partial charge on any atom is -0.444 e. The smallest absolute Gasteiger partial charge is 0.407 e. The molecule has 4 N–H and O–H groups in total. The summed E-state index contributed by atoms with van der Waals surface area (Å²) in [6.07, 6.45) is -0.388. The summed E-state index contributed by atoms with van der Waals surface area (Å²) in [5.41, 5.74) is 0.160. The number of hydrogen-bond donors (Lipinski definition) is 4. The molecule has 1 aromatic rings. The molecule has 2 aliphatic heterocycles. The number of hydrogen-bond acceptors (Lipinski definition) is 11. The molecule has 3 rings (SSSR count). The van der Waals surface area contributed by atoms with Gasteiger partial charge in [-0.3, -0.25) is 34.2 Å². The molecule has 1 fully saturated rings. The van der Waals surface area contributed by atoms with E-state index in [9.17, 15) is 28.8 Å². The van der Waals surface area contributed by atoms with E-state index < -0.39 is 41.4 Å². The molecule has 2 aliphatic rings. The van der Waals surface area contributed by atoms with Crippen LogP contribution in [-0.2, 0) is 33.3 Å². The van der Waals surface area contributed by atoms with E-state index in [1.807, 2.05) is 0 Å². The molecule has 15 nitrogen and oxygen atoms in total. The number of piperidine rings is 1. The van der Waals surface area contributed by atoms with E-state index in [0.29, 0.717) is 32.1 Å². The van der Waals surface area contributed by atoms with Crippen molar-refractivity contribution in [1.29, 1.82) is 0 Å². The van der Waals surface area contributed by atoms with Crippen LogP contribution in [0.4, 0.5) is 10.5 Å². The monoisotopic (exact) mass is 605 g/mol. The first-order valence-corrected chi connectivity index (χ1v) is 14.0. The third-order valence-corrected chi connectivity index (χ3v) is 6.12. The van der Waals surface area contributed by atoms with Crippen LogP contribution in [0.25, 0.3) is 0 Å². The van der Waals surface area contributed by atoms with Crippen molar-refractivity contribution >= 4 is 41.3 Å². The van der Waals surface area contributed by atoms with Crippen molar-refractivity contribution in [2.24, 2.45) is 0 Å². The number of alkyl carbamates (subject to hydrolysis) is 1. The quantitative estimate of drug-likeness (QED) is 0.149. The van der Waals surface area contributed by atoms with E-state index in [0.717, 1.165) is 4.90 Å². The molecule has 0 aliphatic carbocycles. The summed E-state index contributed by atoms with van der Waals surface area (Å²) in [6, 6.07) is 3.71. The lowest BCUT2D eigenvalue weighted by atomic mass is 10.0. The van der Waals surface area contributed by atoms with Crippen LogP contribution in [0.2, 0.25) is 0 Å². The summed E-state index contributed by atoms with van der Waals surface area (Å²) >= 11 is 0. The molecule has 236 valence electrons. The Morgan fingerprint density at radius 3 is 2.30 bits per heavy atom. The molecule has 43 heavy (non-hydrogen) atoms. The zero-order valence-electron chi connectivity index (χ0n) is 24.6. The Morgan fingerprint density at radius 1 is 0.907 bits per heavy atom. The van der Waals surface area contributed by atoms with Gasteiger partial charge in [-0.25, -0.2) is 4.79 Å². The number of carbonyl (C=O) groups is 6. The van der Waals surface area contributed by atoms with E-state index in [4.69, 9.17) is 18.9 Å². The summed E-state index contributed by atoms with van der Waals surface area (Å²) in [7, 11) is 0. The number of fused-ring (bicyclic) bond motifs is 1. The second-order valence-electron chi connectivity index (χ2n) is 10.7. The number of carbonyl (C=O) groups excluding carboxylic acids is 6. The maximum atomic E-state index is 13.1. The lowest BCUT2D eigenvalue weighted by Crippen LogP contribution is -2.54. The highest BCUT2D eigenvalue weighted by Crippen LogP contribution is 2.32. The molecule has 15 heteroatoms. The second kappa shape index (κ2) is 16.0. The predicted octanol–water partition coefficient (Wildman–Crippen LogP) is 0.190. The molecule has 0 aromatic heterocycles. The third kappa shape index (κ3) is 10.3. The largest absolute Gasteiger partial charge is 0.444 e. The number of anilines is 1. The molecule has 1 unspecified atom stereocenters. The van der Waals surface area contributed by atoms with Gasteiger partial charge < -0.3 is 34.9 Å². The molecule has 1 aromatic carbocycles. The van der Waals surface area contributed by atoms with Gasteiger partial charge in [0.25, 0.3) is 11.8 Å². The van der Waals surface area contributed by atoms with Crippen LogP contribution in [0.5, 0.6) is 0 Å². The van der Waals surface area contributed by atoms with Gasteiger partial charge in [0, 0.05) is 31.7 Å². The van der Waals surface area contributed by atoms with Crippen molar-refractivity contribution in [1.82, 2.24) is 20.9 Å². The zero-order chi connectivity index (χ0) is 31.4. The third-order valence-electron chi connectivity index (χ3n) is 6.12. The summed E-state index contributed by atoms with van der Waals surface area (Å²) in [6.45, 7) is 7.45. The molecule has 0 bridgehead atoms. The first kappa shape index (κ1) is 33.4. The van der Waals surface area contributed by atoms with Crippen LogP contribution in [0, 0.1) is 0 Å². The lowest BCUT2D eigenvalue weighted by Gasteiger charge is -2.27. The Bertz CT molecular complexity index is 1200. The van der Waals surface area contributed by atoms with E-state index in [1.54, 1.807) is 32.9 Å². The normalized spacial score (nSPS) is 16.5. The maximum Gasteiger partial charge on any atom is 0.407 e. The second-order valence-corrected chi connectivity index (χ2v) is 10.7. The zero-order valence-corrected chi connectivity index (χ0v) is 24.6. The van der Waals surface area contributed by atoms with Crippen LogP contribution >= 0.6 is 0 Å². The van der Waals surface area contributed by atoms with Crippen LogP contribution in [-0.4, -0.2) is 111 Å². The van der Waals surface area contributed by atoms with Crippen molar-refractivity contribution in [2.75, 3.05) is 64.6 Å². The van der Waals surface area contributed by atoms with Gasteiger partial charge in [0.1, 0.15) is 18.2 Å². The maximum absolute atomic E-state index is 13.1. The van der Waals surface area contributed by atoms with Gasteiger partial charge >= 0.3 is 6.09 Å². The van der Waals surface area contributed by atoms with Gasteiger partial charge in [-0.05, 0) is 39.3 Å². The van der Waals surface area contributed by atoms with Gasteiger partial charge in [-0.2, -0.15) is 0 Å². The molecule has 0 radical (unpaired) electrons. The predicted molar refractivity (Wildman–Crippen MR) is 151 cm³/mol. The Balaban J connectivity index is 1.25. The van der Waals surface area contributed by atoms with Gasteiger partial charge in [0.2, 0.25) is 17.7 Å². The van der Waals surface area contributed by atoms with Gasteiger partial charge in [0.05, 0.1) is 44.2 Å². The molecule has 0 saturated carbocycles. The van der Waals surface area contributed by atoms with Gasteiger partial charge in [-0.1, -0.05) is 6.07 Å². The summed E-state index contributed by atoms with van der Waals surface area (Å²) < 4.78 is 21.1. The van der Waals surface area contributed by atoms with Crippen molar-refractivity contribution < 1.29 is 47.7 Å². The lowest BCUT2D eigenvalue weighted by molar-refractivity contribution is -0.136. The minimum absolute atomic E-state index is 0.0400. The van der Waals surface area contributed by atoms with Crippen molar-refractivity contribution in [2.45, 2.75) is 45.3 Å². The first-order chi connectivity index (χ1) is 20.5. The Morgan fingerprint density at radius 2 is 1.60 bits per heavy atom. The summed E-state index contributed by atoms with van der Waals surface area (Å²) in [5, 5.41) is 10.5. The van der Waals surface area contributed by atoms with E-state index in [2.05, 4.69) is 21.3 Å². The fourth-order valence-electron chi connectivity index (χ4n) is 4.26. The highest BCUT2D eigenvalue weighted by atomic mass is 16.6. The van der Waals surface area contributed by atoms with Crippen molar-refractivity contribution in [3.8, 4) is 0 Å². The Labute approximate surface area is 249 Å². The number of imide groups is 2. The molecule has 1 atom stereocenters. The molecule has 2 heterocycles. The fraction of sp³-hybridized carbons (Fsp3) is 0.571. The molecule has 0 spiro atoms. The van der Waals surface area contributed by atoms with Crippen LogP contribution in [0.1, 0.15) is 54.3 Å². The number of nitrogens with zero attached hydrogens (tertiary/aromatic N) is 1. The van der Waals surface area contributed by atoms with Crippen molar-refractivity contribution in [3.05, 3.63) is 29.3 Å². The van der Waals surface area contributed by atoms with E-state index >= 15 is 0 Å². The molecule has 1 saturated heterocycles. The standard InChI is InChI=1S/C28H39N5O10/c1-28(2,3)43-27(39)31-11-12-40-13-14-41-15-16-42-17-22(35)30-10-9-29-19-6-4-5-18-23(19)26(38)33(25(18)37)20-7-8-21(34)32-24(20)36/h4-6,20,29H,7-17H2,1-3H3,(H,30,35)(H,31,39)(H,32,34,36). The first-order valence-electron chi connectivity index (χ1n) is 14.0. The highest BCUT2D eigenvalue weighted by Gasteiger charge is 2.45. The average Bonchev–Trinajstić information content (AvgIpc) is 3.19. The minimum atomic E-state index is -1.05. The molecular weight excluding hydrogens is 566 g/mol. The van der Waals surface area contributed by atoms with E-state index in [-0.39, 0.29) is 62.8 Å². The molecular formula is C28H39N5O10. The number of ether oxygens (including phenoxy) is 4. The highest BCUT2D eigenvalue weighted by molar-refractivity contribution is 6.25. The number of amides is 6. The Hall–Kier alpha value is -4.08. The van der Waals surface area contributed by atoms with Gasteiger partial charge in [0.15, 0.2) is 0 Å². The topological polar surface area (TPSA) is 191 Å². The number of rotatable bonds is 16. The fourth-order valence-corrected chi connectivity index (χ4v) is 4.26. The summed E-state index contributed by atoms with van der Waals surface area (Å²) in [4.78, 5) is 74.2. The summed E-state index contributed by atoms with van der Waals surface area (Å²) in [5.74, 6) is -2.65. The number of benzene rings is 1. The van der Waals surface area contributed by atoms with Crippen LogP contribution < -0.4 is 21.3 Å². The molecule has 6 amide bonds. The van der Waals surface area contributed by atoms with E-state index in [1.165, 1.54) is 6.07 Å². The number of nitrogens with one attached hydrogen (secondary N) is 4. The van der Waals surface area contributed by atoms with Crippen molar-refractivity contribution in [3.63, 3.8) is 0 Å². The average molecular weight is 606 g/mol. The Kier molecular flexibility index (Phi) is 12.4. The van der Waals surface area contributed by atoms with Crippen LogP contribution in [0.3, 0.4) is 0 Å². The van der Waals surface area contributed by atoms with Gasteiger partial charge in [-0.15, -0.1) is 0 Å². The van der Waals surface area contributed by atoms with Crippen LogP contribution in [0.15, 0.2) is 18.2 Å².